The molecule has 102 valence electrons. The van der Waals surface area contributed by atoms with Crippen molar-refractivity contribution in [2.75, 3.05) is 13.1 Å². The molecule has 5 heteroatoms. The number of aromatic nitrogens is 1. The Hall–Kier alpha value is -1.36. The zero-order valence-electron chi connectivity index (χ0n) is 11.8. The molecule has 2 unspecified atom stereocenters. The van der Waals surface area contributed by atoms with E-state index < -0.39 is 0 Å². The number of nitrogens with one attached hydrogen (secondary N) is 2. The summed E-state index contributed by atoms with van der Waals surface area (Å²) in [6.45, 7) is 11.2. The maximum absolute atomic E-state index is 12.0. The van der Waals surface area contributed by atoms with Crippen molar-refractivity contribution in [3.63, 3.8) is 0 Å². The summed E-state index contributed by atoms with van der Waals surface area (Å²) in [4.78, 5) is 12.0. The van der Waals surface area contributed by atoms with Crippen molar-refractivity contribution in [1.82, 2.24) is 15.8 Å². The van der Waals surface area contributed by atoms with Gasteiger partial charge in [-0.1, -0.05) is 19.0 Å². The Balaban J connectivity index is 2.59. The summed E-state index contributed by atoms with van der Waals surface area (Å²) in [6.07, 6.45) is 0. The number of carbonyl (C=O) groups is 1. The van der Waals surface area contributed by atoms with E-state index in [9.17, 15) is 4.79 Å². The summed E-state index contributed by atoms with van der Waals surface area (Å²) < 4.78 is 5.11. The van der Waals surface area contributed by atoms with Crippen molar-refractivity contribution in [2.45, 2.75) is 40.7 Å². The predicted octanol–water partition coefficient (Wildman–Crippen LogP) is 1.71. The van der Waals surface area contributed by atoms with Crippen molar-refractivity contribution in [3.05, 3.63) is 17.0 Å². The first-order valence-corrected chi connectivity index (χ1v) is 6.41. The quantitative estimate of drug-likeness (QED) is 0.810. The van der Waals surface area contributed by atoms with Gasteiger partial charge in [0.15, 0.2) is 0 Å². The van der Waals surface area contributed by atoms with Gasteiger partial charge in [-0.25, -0.2) is 0 Å². The van der Waals surface area contributed by atoms with Crippen LogP contribution in [-0.4, -0.2) is 24.2 Å². The van der Waals surface area contributed by atoms with Gasteiger partial charge in [0.25, 0.3) is 0 Å². The van der Waals surface area contributed by atoms with E-state index in [0.717, 1.165) is 23.6 Å². The van der Waals surface area contributed by atoms with Crippen LogP contribution in [0.25, 0.3) is 0 Å². The number of hydrogen-bond donors (Lipinski definition) is 2. The average molecular weight is 253 g/mol. The van der Waals surface area contributed by atoms with Gasteiger partial charge >= 0.3 is 0 Å². The van der Waals surface area contributed by atoms with Crippen LogP contribution < -0.4 is 10.6 Å². The van der Waals surface area contributed by atoms with Gasteiger partial charge in [-0.05, 0) is 27.3 Å². The molecule has 0 aromatic carbocycles. The Bertz CT molecular complexity index is 381. The highest BCUT2D eigenvalue weighted by atomic mass is 16.5. The number of aryl methyl sites for hydroxylation is 2. The van der Waals surface area contributed by atoms with Crippen LogP contribution in [0.1, 0.15) is 43.8 Å². The molecule has 0 saturated carbocycles. The highest BCUT2D eigenvalue weighted by molar-refractivity contribution is 5.79. The summed E-state index contributed by atoms with van der Waals surface area (Å²) in [5.41, 5.74) is 1.80. The SMILES string of the molecule is CCNCC(C)C(=O)NC(C)c1c(C)noc1C. The summed E-state index contributed by atoms with van der Waals surface area (Å²) in [6, 6.07) is -0.0761. The fourth-order valence-electron chi connectivity index (χ4n) is 1.99. The van der Waals surface area contributed by atoms with Crippen LogP contribution in [0.15, 0.2) is 4.52 Å². The molecule has 1 aromatic heterocycles. The molecule has 0 radical (unpaired) electrons. The molecule has 5 nitrogen and oxygen atoms in total. The van der Waals surface area contributed by atoms with Crippen molar-refractivity contribution in [3.8, 4) is 0 Å². The minimum atomic E-state index is -0.0761. The standard InChI is InChI=1S/C13H23N3O2/c1-6-14-7-8(2)13(17)15-9(3)12-10(4)16-18-11(12)5/h8-9,14H,6-7H2,1-5H3,(H,15,17). The van der Waals surface area contributed by atoms with Crippen LogP contribution >= 0.6 is 0 Å². The van der Waals surface area contributed by atoms with E-state index in [2.05, 4.69) is 15.8 Å². The molecule has 1 amide bonds. The first-order valence-electron chi connectivity index (χ1n) is 6.41. The van der Waals surface area contributed by atoms with Gasteiger partial charge in [-0.2, -0.15) is 0 Å². The van der Waals surface area contributed by atoms with Crippen molar-refractivity contribution < 1.29 is 9.32 Å². The molecule has 0 spiro atoms. The van der Waals surface area contributed by atoms with Crippen LogP contribution in [0.5, 0.6) is 0 Å². The van der Waals surface area contributed by atoms with Crippen LogP contribution in [0.3, 0.4) is 0 Å². The van der Waals surface area contributed by atoms with E-state index in [1.165, 1.54) is 0 Å². The Kier molecular flexibility index (Phi) is 5.34. The largest absolute Gasteiger partial charge is 0.361 e. The number of nitrogens with zero attached hydrogens (tertiary/aromatic N) is 1. The third-order valence-corrected chi connectivity index (χ3v) is 3.03. The molecule has 1 heterocycles. The average Bonchev–Trinajstić information content (AvgIpc) is 2.65. The molecule has 2 N–H and O–H groups in total. The molecule has 0 fully saturated rings. The molecular formula is C13H23N3O2. The van der Waals surface area contributed by atoms with E-state index in [-0.39, 0.29) is 17.9 Å². The molecule has 0 aliphatic carbocycles. The first-order chi connectivity index (χ1) is 8.47. The third kappa shape index (κ3) is 3.57. The van der Waals surface area contributed by atoms with E-state index in [0.29, 0.717) is 6.54 Å². The van der Waals surface area contributed by atoms with E-state index >= 15 is 0 Å². The van der Waals surface area contributed by atoms with Gasteiger partial charge < -0.3 is 15.2 Å². The second-order valence-electron chi connectivity index (χ2n) is 4.68. The lowest BCUT2D eigenvalue weighted by atomic mass is 10.1. The minimum absolute atomic E-state index is 0.0449. The zero-order chi connectivity index (χ0) is 13.7. The normalized spacial score (nSPS) is 14.3. The lowest BCUT2D eigenvalue weighted by Crippen LogP contribution is -2.36. The molecule has 0 saturated heterocycles. The molecule has 18 heavy (non-hydrogen) atoms. The first kappa shape index (κ1) is 14.7. The van der Waals surface area contributed by atoms with Crippen LogP contribution in [0, 0.1) is 19.8 Å². The molecule has 0 bridgehead atoms. The van der Waals surface area contributed by atoms with Crippen molar-refractivity contribution in [1.29, 1.82) is 0 Å². The number of carbonyl (C=O) groups excluding carboxylic acids is 1. The Labute approximate surface area is 108 Å². The van der Waals surface area contributed by atoms with Gasteiger partial charge in [0, 0.05) is 18.0 Å². The molecule has 1 aromatic rings. The summed E-state index contributed by atoms with van der Waals surface area (Å²) in [5.74, 6) is 0.760. The number of amides is 1. The lowest BCUT2D eigenvalue weighted by molar-refractivity contribution is -0.125. The molecule has 2 atom stereocenters. The van der Waals surface area contributed by atoms with Crippen LogP contribution in [0.4, 0.5) is 0 Å². The maximum atomic E-state index is 12.0. The summed E-state index contributed by atoms with van der Waals surface area (Å²) in [5, 5.41) is 10.1. The van der Waals surface area contributed by atoms with Gasteiger partial charge in [0.2, 0.25) is 5.91 Å². The monoisotopic (exact) mass is 253 g/mol. The van der Waals surface area contributed by atoms with E-state index in [4.69, 9.17) is 4.52 Å². The van der Waals surface area contributed by atoms with Crippen LogP contribution in [0.2, 0.25) is 0 Å². The second-order valence-corrected chi connectivity index (χ2v) is 4.68. The Morgan fingerprint density at radius 1 is 1.39 bits per heavy atom. The smallest absolute Gasteiger partial charge is 0.224 e. The van der Waals surface area contributed by atoms with Crippen LogP contribution in [-0.2, 0) is 4.79 Å². The number of rotatable bonds is 6. The van der Waals surface area contributed by atoms with Gasteiger partial charge in [-0.3, -0.25) is 4.79 Å². The Morgan fingerprint density at radius 2 is 2.06 bits per heavy atom. The topological polar surface area (TPSA) is 67.2 Å². The zero-order valence-corrected chi connectivity index (χ0v) is 11.8. The summed E-state index contributed by atoms with van der Waals surface area (Å²) in [7, 11) is 0. The Morgan fingerprint density at radius 3 is 2.56 bits per heavy atom. The predicted molar refractivity (Wildman–Crippen MR) is 70.2 cm³/mol. The highest BCUT2D eigenvalue weighted by Crippen LogP contribution is 2.21. The maximum Gasteiger partial charge on any atom is 0.224 e. The molecule has 1 rings (SSSR count). The fraction of sp³-hybridized carbons (Fsp3) is 0.692. The van der Waals surface area contributed by atoms with E-state index in [1.807, 2.05) is 34.6 Å². The fourth-order valence-corrected chi connectivity index (χ4v) is 1.99. The van der Waals surface area contributed by atoms with Crippen molar-refractivity contribution in [2.24, 2.45) is 5.92 Å². The highest BCUT2D eigenvalue weighted by Gasteiger charge is 2.20. The van der Waals surface area contributed by atoms with Gasteiger partial charge in [0.1, 0.15) is 5.76 Å². The molecular weight excluding hydrogens is 230 g/mol. The van der Waals surface area contributed by atoms with Gasteiger partial charge in [-0.15, -0.1) is 0 Å². The van der Waals surface area contributed by atoms with Gasteiger partial charge in [0.05, 0.1) is 11.7 Å². The molecule has 0 aliphatic heterocycles. The lowest BCUT2D eigenvalue weighted by Gasteiger charge is -2.17. The van der Waals surface area contributed by atoms with Crippen molar-refractivity contribution >= 4 is 5.91 Å². The summed E-state index contributed by atoms with van der Waals surface area (Å²) >= 11 is 0. The minimum Gasteiger partial charge on any atom is -0.361 e. The third-order valence-electron chi connectivity index (χ3n) is 3.03. The second kappa shape index (κ2) is 6.54. The number of hydrogen-bond acceptors (Lipinski definition) is 4. The van der Waals surface area contributed by atoms with E-state index in [1.54, 1.807) is 0 Å². The molecule has 0 aliphatic rings.